The van der Waals surface area contributed by atoms with E-state index in [1.165, 1.54) is 14.2 Å². The van der Waals surface area contributed by atoms with Crippen molar-refractivity contribution in [2.24, 2.45) is 7.05 Å². The molecule has 0 saturated carbocycles. The van der Waals surface area contributed by atoms with Crippen molar-refractivity contribution in [1.82, 2.24) is 4.57 Å². The van der Waals surface area contributed by atoms with Crippen LogP contribution in [0.15, 0.2) is 47.3 Å². The van der Waals surface area contributed by atoms with Gasteiger partial charge in [-0.15, -0.1) is 0 Å². The van der Waals surface area contributed by atoms with Gasteiger partial charge in [0.25, 0.3) is 11.5 Å². The molecule has 0 aliphatic heterocycles. The predicted molar refractivity (Wildman–Crippen MR) is 96.5 cm³/mol. The van der Waals surface area contributed by atoms with E-state index >= 15 is 0 Å². The fraction of sp³-hybridized carbons (Fsp3) is 0.158. The van der Waals surface area contributed by atoms with Gasteiger partial charge in [-0.3, -0.25) is 14.2 Å². The highest BCUT2D eigenvalue weighted by molar-refractivity contribution is 6.14. The number of amides is 1. The van der Waals surface area contributed by atoms with Crippen molar-refractivity contribution in [2.45, 2.75) is 6.92 Å². The Bertz CT molecular complexity index is 1040. The van der Waals surface area contributed by atoms with E-state index in [1.54, 1.807) is 36.4 Å². The van der Waals surface area contributed by atoms with Crippen LogP contribution in [0.4, 0.5) is 5.69 Å². The molecule has 25 heavy (non-hydrogen) atoms. The molecule has 2 aromatic carbocycles. The van der Waals surface area contributed by atoms with Crippen molar-refractivity contribution >= 4 is 22.4 Å². The summed E-state index contributed by atoms with van der Waals surface area (Å²) in [5, 5.41) is 13.9. The first-order valence-electron chi connectivity index (χ1n) is 7.70. The standard InChI is InChI=1S/C19H18N2O4/c1-11-8-9-15(25-3)14(10-11)20-17(22)16-12-6-4-5-7-13(12)18(23)21(2)19(16)24/h4-10,24H,1-3H3,(H,20,22). The van der Waals surface area contributed by atoms with Gasteiger partial charge in [0.1, 0.15) is 11.3 Å². The van der Waals surface area contributed by atoms with E-state index in [9.17, 15) is 14.7 Å². The number of carbonyl (C=O) groups is 1. The van der Waals surface area contributed by atoms with Crippen molar-refractivity contribution in [3.05, 3.63) is 63.9 Å². The lowest BCUT2D eigenvalue weighted by Gasteiger charge is -2.14. The van der Waals surface area contributed by atoms with Crippen molar-refractivity contribution in [2.75, 3.05) is 12.4 Å². The molecule has 0 atom stereocenters. The van der Waals surface area contributed by atoms with Crippen LogP contribution in [0, 0.1) is 6.92 Å². The summed E-state index contributed by atoms with van der Waals surface area (Å²) >= 11 is 0. The normalized spacial score (nSPS) is 10.7. The first-order valence-corrected chi connectivity index (χ1v) is 7.70. The summed E-state index contributed by atoms with van der Waals surface area (Å²) in [7, 11) is 2.94. The molecule has 0 aliphatic carbocycles. The summed E-state index contributed by atoms with van der Waals surface area (Å²) in [6.07, 6.45) is 0. The molecule has 3 rings (SSSR count). The number of carbonyl (C=O) groups excluding carboxylic acids is 1. The van der Waals surface area contributed by atoms with Crippen LogP contribution in [0.2, 0.25) is 0 Å². The van der Waals surface area contributed by atoms with Gasteiger partial charge in [0.2, 0.25) is 5.88 Å². The third-order valence-corrected chi connectivity index (χ3v) is 4.10. The largest absolute Gasteiger partial charge is 0.495 e. The van der Waals surface area contributed by atoms with E-state index < -0.39 is 5.91 Å². The van der Waals surface area contributed by atoms with E-state index in [0.717, 1.165) is 10.1 Å². The number of aryl methyl sites for hydroxylation is 1. The van der Waals surface area contributed by atoms with E-state index in [-0.39, 0.29) is 17.0 Å². The molecule has 0 saturated heterocycles. The fourth-order valence-corrected chi connectivity index (χ4v) is 2.78. The van der Waals surface area contributed by atoms with Gasteiger partial charge in [-0.1, -0.05) is 24.3 Å². The maximum Gasteiger partial charge on any atom is 0.261 e. The molecule has 0 spiro atoms. The lowest BCUT2D eigenvalue weighted by molar-refractivity contribution is 0.102. The molecule has 0 fully saturated rings. The predicted octanol–water partition coefficient (Wildman–Crippen LogP) is 2.81. The third kappa shape index (κ3) is 2.82. The van der Waals surface area contributed by atoms with E-state index in [2.05, 4.69) is 5.32 Å². The van der Waals surface area contributed by atoms with Gasteiger partial charge in [0.15, 0.2) is 0 Å². The number of rotatable bonds is 3. The SMILES string of the molecule is COc1ccc(C)cc1NC(=O)c1c(O)n(C)c(=O)c2ccccc12. The number of nitrogens with zero attached hydrogens (tertiary/aromatic N) is 1. The molecule has 1 aromatic heterocycles. The van der Waals surface area contributed by atoms with Crippen LogP contribution in [-0.2, 0) is 7.05 Å². The number of hydrogen-bond donors (Lipinski definition) is 2. The second-order valence-corrected chi connectivity index (χ2v) is 5.77. The zero-order valence-electron chi connectivity index (χ0n) is 14.2. The van der Waals surface area contributed by atoms with Gasteiger partial charge in [0.05, 0.1) is 12.8 Å². The van der Waals surface area contributed by atoms with Crippen molar-refractivity contribution < 1.29 is 14.6 Å². The number of fused-ring (bicyclic) bond motifs is 1. The molecule has 0 aliphatic rings. The fourth-order valence-electron chi connectivity index (χ4n) is 2.78. The molecule has 6 heteroatoms. The smallest absolute Gasteiger partial charge is 0.261 e. The van der Waals surface area contributed by atoms with Crippen LogP contribution in [0.3, 0.4) is 0 Å². The number of hydrogen-bond acceptors (Lipinski definition) is 4. The van der Waals surface area contributed by atoms with Crippen LogP contribution in [0.25, 0.3) is 10.8 Å². The average molecular weight is 338 g/mol. The minimum absolute atomic E-state index is 0.0428. The second kappa shape index (κ2) is 6.32. The Labute approximate surface area is 144 Å². The molecule has 6 nitrogen and oxygen atoms in total. The monoisotopic (exact) mass is 338 g/mol. The first-order chi connectivity index (χ1) is 11.9. The topological polar surface area (TPSA) is 80.6 Å². The summed E-state index contributed by atoms with van der Waals surface area (Å²) in [6, 6.07) is 12.1. The number of benzene rings is 2. The number of methoxy groups -OCH3 is 1. The Morgan fingerprint density at radius 3 is 2.52 bits per heavy atom. The lowest BCUT2D eigenvalue weighted by Crippen LogP contribution is -2.22. The molecule has 1 amide bonds. The average Bonchev–Trinajstić information content (AvgIpc) is 2.60. The Morgan fingerprint density at radius 2 is 1.84 bits per heavy atom. The van der Waals surface area contributed by atoms with Crippen molar-refractivity contribution in [3.8, 4) is 11.6 Å². The third-order valence-electron chi connectivity index (χ3n) is 4.10. The number of pyridine rings is 1. The molecule has 0 radical (unpaired) electrons. The van der Waals surface area contributed by atoms with E-state index in [0.29, 0.717) is 22.2 Å². The molecule has 2 N–H and O–H groups in total. The molecular formula is C19H18N2O4. The Kier molecular flexibility index (Phi) is 4.19. The zero-order valence-corrected chi connectivity index (χ0v) is 14.2. The van der Waals surface area contributed by atoms with Gasteiger partial charge >= 0.3 is 0 Å². The summed E-state index contributed by atoms with van der Waals surface area (Å²) in [4.78, 5) is 25.1. The number of anilines is 1. The minimum atomic E-state index is -0.520. The van der Waals surface area contributed by atoms with E-state index in [4.69, 9.17) is 4.74 Å². The van der Waals surface area contributed by atoms with Crippen LogP contribution in [0.5, 0.6) is 11.6 Å². The number of aromatic nitrogens is 1. The van der Waals surface area contributed by atoms with Gasteiger partial charge in [0, 0.05) is 17.8 Å². The van der Waals surface area contributed by atoms with Crippen LogP contribution in [0.1, 0.15) is 15.9 Å². The van der Waals surface area contributed by atoms with E-state index in [1.807, 2.05) is 13.0 Å². The zero-order chi connectivity index (χ0) is 18.1. The van der Waals surface area contributed by atoms with Crippen molar-refractivity contribution in [3.63, 3.8) is 0 Å². The lowest BCUT2D eigenvalue weighted by atomic mass is 10.1. The minimum Gasteiger partial charge on any atom is -0.495 e. The molecule has 1 heterocycles. The van der Waals surface area contributed by atoms with Crippen LogP contribution in [-0.4, -0.2) is 22.7 Å². The first kappa shape index (κ1) is 16.6. The Hall–Kier alpha value is -3.28. The summed E-state index contributed by atoms with van der Waals surface area (Å²) in [5.74, 6) is -0.395. The number of ether oxygens (including phenoxy) is 1. The molecule has 0 unspecified atom stereocenters. The summed E-state index contributed by atoms with van der Waals surface area (Å²) in [6.45, 7) is 1.90. The quantitative estimate of drug-likeness (QED) is 0.769. The molecule has 0 bridgehead atoms. The molecular weight excluding hydrogens is 320 g/mol. The summed E-state index contributed by atoms with van der Waals surface area (Å²) in [5.41, 5.74) is 1.12. The summed E-state index contributed by atoms with van der Waals surface area (Å²) < 4.78 is 6.33. The maximum absolute atomic E-state index is 12.8. The Morgan fingerprint density at radius 1 is 1.16 bits per heavy atom. The Balaban J connectivity index is 2.16. The van der Waals surface area contributed by atoms with Gasteiger partial charge < -0.3 is 15.2 Å². The number of aromatic hydroxyl groups is 1. The van der Waals surface area contributed by atoms with Gasteiger partial charge in [-0.25, -0.2) is 0 Å². The van der Waals surface area contributed by atoms with Crippen molar-refractivity contribution in [1.29, 1.82) is 0 Å². The second-order valence-electron chi connectivity index (χ2n) is 5.77. The van der Waals surface area contributed by atoms with Crippen LogP contribution >= 0.6 is 0 Å². The molecule has 3 aromatic rings. The highest BCUT2D eigenvalue weighted by atomic mass is 16.5. The van der Waals surface area contributed by atoms with Gasteiger partial charge in [-0.05, 0) is 30.7 Å². The van der Waals surface area contributed by atoms with Gasteiger partial charge in [-0.2, -0.15) is 0 Å². The molecule has 128 valence electrons. The maximum atomic E-state index is 12.8. The van der Waals surface area contributed by atoms with Crippen LogP contribution < -0.4 is 15.6 Å². The highest BCUT2D eigenvalue weighted by Crippen LogP contribution is 2.29. The number of nitrogens with one attached hydrogen (secondary N) is 1. The highest BCUT2D eigenvalue weighted by Gasteiger charge is 2.21.